The average Bonchev–Trinajstić information content (AvgIpc) is 3.14. The van der Waals surface area contributed by atoms with Gasteiger partial charge in [-0.15, -0.1) is 0 Å². The Morgan fingerprint density at radius 3 is 2.48 bits per heavy atom. The average molecular weight is 360 g/mol. The van der Waals surface area contributed by atoms with Gasteiger partial charge in [-0.2, -0.15) is 0 Å². The number of ether oxygens (including phenoxy) is 1. The second-order valence-corrected chi connectivity index (χ2v) is 6.35. The highest BCUT2D eigenvalue weighted by molar-refractivity contribution is 5.91. The van der Waals surface area contributed by atoms with Gasteiger partial charge in [-0.05, 0) is 60.5 Å². The number of nitrogens with zero attached hydrogens (tertiary/aromatic N) is 2. The Morgan fingerprint density at radius 1 is 1.04 bits per heavy atom. The molecule has 1 unspecified atom stereocenters. The van der Waals surface area contributed by atoms with Gasteiger partial charge < -0.3 is 20.1 Å². The molecule has 0 spiro atoms. The van der Waals surface area contributed by atoms with E-state index < -0.39 is 0 Å². The van der Waals surface area contributed by atoms with E-state index in [1.165, 1.54) is 0 Å². The summed E-state index contributed by atoms with van der Waals surface area (Å²) in [5, 5.41) is 13.9. The molecule has 4 aromatic rings. The van der Waals surface area contributed by atoms with E-state index in [9.17, 15) is 5.11 Å². The molecule has 0 aliphatic carbocycles. The maximum Gasteiger partial charge on any atom is 0.143 e. The van der Waals surface area contributed by atoms with Crippen LogP contribution in [0.5, 0.6) is 11.5 Å². The van der Waals surface area contributed by atoms with E-state index >= 15 is 0 Å². The molecule has 2 heterocycles. The van der Waals surface area contributed by atoms with Crippen LogP contribution in [0.4, 0.5) is 5.82 Å². The number of rotatable bonds is 5. The van der Waals surface area contributed by atoms with Crippen molar-refractivity contribution in [1.82, 2.24) is 15.0 Å². The quantitative estimate of drug-likeness (QED) is 0.488. The molecule has 136 valence electrons. The molecular weight excluding hydrogens is 340 g/mol. The van der Waals surface area contributed by atoms with E-state index in [4.69, 9.17) is 4.74 Å². The van der Waals surface area contributed by atoms with Crippen LogP contribution in [0.2, 0.25) is 0 Å². The molecule has 2 aromatic heterocycles. The lowest BCUT2D eigenvalue weighted by Crippen LogP contribution is -2.08. The first-order chi connectivity index (χ1) is 13.1. The fourth-order valence-electron chi connectivity index (χ4n) is 3.03. The maximum atomic E-state index is 9.48. The smallest absolute Gasteiger partial charge is 0.143 e. The molecule has 0 aliphatic rings. The molecule has 0 saturated carbocycles. The molecule has 0 fully saturated rings. The van der Waals surface area contributed by atoms with Crippen molar-refractivity contribution in [2.75, 3.05) is 12.4 Å². The van der Waals surface area contributed by atoms with Crippen molar-refractivity contribution in [2.24, 2.45) is 0 Å². The largest absolute Gasteiger partial charge is 0.508 e. The first-order valence-electron chi connectivity index (χ1n) is 8.67. The Bertz CT molecular complexity index is 1060. The number of hydrogen-bond acceptors (Lipinski definition) is 5. The Balaban J connectivity index is 1.64. The summed E-state index contributed by atoms with van der Waals surface area (Å²) in [5.74, 6) is 1.84. The van der Waals surface area contributed by atoms with E-state index in [0.29, 0.717) is 0 Å². The molecule has 6 heteroatoms. The molecule has 3 N–H and O–H groups in total. The van der Waals surface area contributed by atoms with Gasteiger partial charge in [0.05, 0.1) is 12.5 Å². The second-order valence-electron chi connectivity index (χ2n) is 6.35. The van der Waals surface area contributed by atoms with Gasteiger partial charge in [-0.25, -0.2) is 9.97 Å². The predicted molar refractivity (Wildman–Crippen MR) is 106 cm³/mol. The number of anilines is 1. The molecule has 0 saturated heterocycles. The standard InChI is InChI=1S/C21H20N4O2/c1-13(14-5-9-17(27-2)10-6-14)24-20-18-11-19(25-21(18)23-12-22-20)15-3-7-16(26)8-4-15/h3-13,26H,1-2H3,(H2,22,23,24,25). The van der Waals surface area contributed by atoms with Crippen LogP contribution in [-0.2, 0) is 0 Å². The molecule has 4 rings (SSSR count). The van der Waals surface area contributed by atoms with Gasteiger partial charge >= 0.3 is 0 Å². The van der Waals surface area contributed by atoms with Crippen molar-refractivity contribution in [3.63, 3.8) is 0 Å². The number of benzene rings is 2. The number of H-pyrrole nitrogens is 1. The summed E-state index contributed by atoms with van der Waals surface area (Å²) in [7, 11) is 1.66. The van der Waals surface area contributed by atoms with Crippen LogP contribution in [0.3, 0.4) is 0 Å². The molecule has 0 aliphatic heterocycles. The van der Waals surface area contributed by atoms with Gasteiger partial charge in [0.15, 0.2) is 0 Å². The summed E-state index contributed by atoms with van der Waals surface area (Å²) in [4.78, 5) is 12.1. The number of phenolic OH excluding ortho intramolecular Hbond substituents is 1. The highest BCUT2D eigenvalue weighted by Crippen LogP contribution is 2.29. The van der Waals surface area contributed by atoms with Crippen molar-refractivity contribution >= 4 is 16.9 Å². The van der Waals surface area contributed by atoms with Gasteiger partial charge in [0, 0.05) is 11.7 Å². The van der Waals surface area contributed by atoms with Crippen LogP contribution in [0.15, 0.2) is 60.9 Å². The van der Waals surface area contributed by atoms with Gasteiger partial charge in [0.25, 0.3) is 0 Å². The summed E-state index contributed by atoms with van der Waals surface area (Å²) in [5.41, 5.74) is 3.79. The molecule has 2 aromatic carbocycles. The third-order valence-corrected chi connectivity index (χ3v) is 4.57. The topological polar surface area (TPSA) is 83.1 Å². The van der Waals surface area contributed by atoms with Gasteiger partial charge in [0.2, 0.25) is 0 Å². The van der Waals surface area contributed by atoms with Crippen molar-refractivity contribution in [1.29, 1.82) is 0 Å². The normalized spacial score (nSPS) is 12.1. The predicted octanol–water partition coefficient (Wildman–Crippen LogP) is 4.51. The SMILES string of the molecule is COc1ccc(C(C)Nc2ncnc3[nH]c(-c4ccc(O)cc4)cc23)cc1. The summed E-state index contributed by atoms with van der Waals surface area (Å²) < 4.78 is 5.22. The first kappa shape index (κ1) is 16.9. The molecule has 27 heavy (non-hydrogen) atoms. The number of fused-ring (bicyclic) bond motifs is 1. The van der Waals surface area contributed by atoms with Crippen molar-refractivity contribution < 1.29 is 9.84 Å². The molecular formula is C21H20N4O2. The van der Waals surface area contributed by atoms with Crippen LogP contribution >= 0.6 is 0 Å². The van der Waals surface area contributed by atoms with Gasteiger partial charge in [0.1, 0.15) is 29.3 Å². The van der Waals surface area contributed by atoms with Crippen molar-refractivity contribution in [2.45, 2.75) is 13.0 Å². The first-order valence-corrected chi connectivity index (χ1v) is 8.67. The second kappa shape index (κ2) is 6.99. The minimum Gasteiger partial charge on any atom is -0.508 e. The van der Waals surface area contributed by atoms with Crippen molar-refractivity contribution in [3.8, 4) is 22.8 Å². The minimum absolute atomic E-state index is 0.0704. The van der Waals surface area contributed by atoms with E-state index in [1.807, 2.05) is 42.5 Å². The highest BCUT2D eigenvalue weighted by atomic mass is 16.5. The molecule has 1 atom stereocenters. The van der Waals surface area contributed by atoms with Crippen LogP contribution in [-0.4, -0.2) is 27.2 Å². The number of aromatic nitrogens is 3. The Hall–Kier alpha value is -3.54. The number of phenols is 1. The molecule has 6 nitrogen and oxygen atoms in total. The summed E-state index contributed by atoms with van der Waals surface area (Å²) in [6.07, 6.45) is 1.54. The van der Waals surface area contributed by atoms with Crippen LogP contribution in [0, 0.1) is 0 Å². The minimum atomic E-state index is 0.0704. The van der Waals surface area contributed by atoms with Crippen LogP contribution in [0.25, 0.3) is 22.3 Å². The van der Waals surface area contributed by atoms with Crippen LogP contribution in [0.1, 0.15) is 18.5 Å². The number of methoxy groups -OCH3 is 1. The Morgan fingerprint density at radius 2 is 1.78 bits per heavy atom. The maximum absolute atomic E-state index is 9.48. The van der Waals surface area contributed by atoms with Gasteiger partial charge in [-0.3, -0.25) is 0 Å². The van der Waals surface area contributed by atoms with Gasteiger partial charge in [-0.1, -0.05) is 12.1 Å². The third kappa shape index (κ3) is 3.42. The fraction of sp³-hybridized carbons (Fsp3) is 0.143. The number of aromatic amines is 1. The number of aromatic hydroxyl groups is 1. The fourth-order valence-corrected chi connectivity index (χ4v) is 3.03. The zero-order valence-electron chi connectivity index (χ0n) is 15.1. The molecule has 0 amide bonds. The third-order valence-electron chi connectivity index (χ3n) is 4.57. The molecule has 0 bridgehead atoms. The number of nitrogens with one attached hydrogen (secondary N) is 2. The van der Waals surface area contributed by atoms with E-state index in [-0.39, 0.29) is 11.8 Å². The zero-order valence-corrected chi connectivity index (χ0v) is 15.1. The monoisotopic (exact) mass is 360 g/mol. The van der Waals surface area contributed by atoms with Crippen LogP contribution < -0.4 is 10.1 Å². The molecule has 0 radical (unpaired) electrons. The number of hydrogen-bond donors (Lipinski definition) is 3. The lowest BCUT2D eigenvalue weighted by molar-refractivity contribution is 0.414. The lowest BCUT2D eigenvalue weighted by atomic mass is 10.1. The highest BCUT2D eigenvalue weighted by Gasteiger charge is 2.12. The van der Waals surface area contributed by atoms with E-state index in [2.05, 4.69) is 27.2 Å². The lowest BCUT2D eigenvalue weighted by Gasteiger charge is -2.15. The Kier molecular flexibility index (Phi) is 4.38. The Labute approximate surface area is 156 Å². The van der Waals surface area contributed by atoms with Crippen molar-refractivity contribution in [3.05, 3.63) is 66.5 Å². The van der Waals surface area contributed by atoms with E-state index in [0.717, 1.165) is 39.4 Å². The summed E-state index contributed by atoms with van der Waals surface area (Å²) in [6, 6.07) is 17.1. The zero-order chi connectivity index (χ0) is 18.8. The van der Waals surface area contributed by atoms with E-state index in [1.54, 1.807) is 25.6 Å². The summed E-state index contributed by atoms with van der Waals surface area (Å²) >= 11 is 0. The summed E-state index contributed by atoms with van der Waals surface area (Å²) in [6.45, 7) is 2.09.